The van der Waals surface area contributed by atoms with Gasteiger partial charge in [0, 0.05) is 17.6 Å². The van der Waals surface area contributed by atoms with Crippen molar-refractivity contribution in [3.05, 3.63) is 29.8 Å². The Hall–Kier alpha value is -1.03. The van der Waals surface area contributed by atoms with Crippen molar-refractivity contribution in [1.29, 1.82) is 0 Å². The Morgan fingerprint density at radius 1 is 1.43 bits per heavy atom. The predicted octanol–water partition coefficient (Wildman–Crippen LogP) is 2.87. The Balaban J connectivity index is 2.87. The molecule has 0 saturated carbocycles. The fraction of sp³-hybridized carbons (Fsp3) is 0.300. The average Bonchev–Trinajstić information content (AvgIpc) is 2.15. The summed E-state index contributed by atoms with van der Waals surface area (Å²) in [7, 11) is 0. The zero-order chi connectivity index (χ0) is 10.6. The van der Waals surface area contributed by atoms with Gasteiger partial charge >= 0.3 is 6.09 Å². The zero-order valence-electron chi connectivity index (χ0n) is 7.90. The van der Waals surface area contributed by atoms with Crippen LogP contribution in [-0.2, 0) is 0 Å². The van der Waals surface area contributed by atoms with E-state index in [1.54, 1.807) is 0 Å². The summed E-state index contributed by atoms with van der Waals surface area (Å²) < 4.78 is 0. The summed E-state index contributed by atoms with van der Waals surface area (Å²) in [6, 6.07) is 7.43. The fourth-order valence-corrected chi connectivity index (χ4v) is 1.50. The molecular formula is C10H12BrNO2. The lowest BCUT2D eigenvalue weighted by atomic mass is 10.2. The van der Waals surface area contributed by atoms with E-state index in [0.29, 0.717) is 17.6 Å². The standard InChI is InChI=1S/C10H12BrNO2/c1-8-2-4-9(5-3-8)12(7-6-11)10(13)14/h2-5H,6-7H2,1H3,(H,13,14). The molecular weight excluding hydrogens is 246 g/mol. The monoisotopic (exact) mass is 257 g/mol. The van der Waals surface area contributed by atoms with Crippen LogP contribution in [-0.4, -0.2) is 23.1 Å². The topological polar surface area (TPSA) is 40.5 Å². The summed E-state index contributed by atoms with van der Waals surface area (Å²) in [5.74, 6) is 0. The Bertz CT molecular complexity index is 310. The maximum Gasteiger partial charge on any atom is 0.411 e. The Morgan fingerprint density at radius 3 is 2.43 bits per heavy atom. The van der Waals surface area contributed by atoms with Gasteiger partial charge in [-0.05, 0) is 19.1 Å². The van der Waals surface area contributed by atoms with E-state index in [1.165, 1.54) is 4.90 Å². The largest absolute Gasteiger partial charge is 0.465 e. The summed E-state index contributed by atoms with van der Waals surface area (Å²) >= 11 is 3.23. The van der Waals surface area contributed by atoms with Crippen LogP contribution in [0, 0.1) is 6.92 Å². The highest BCUT2D eigenvalue weighted by Gasteiger charge is 2.12. The second-order valence-corrected chi connectivity index (χ2v) is 3.75. The molecule has 0 bridgehead atoms. The van der Waals surface area contributed by atoms with Crippen molar-refractivity contribution in [2.24, 2.45) is 0 Å². The van der Waals surface area contributed by atoms with E-state index >= 15 is 0 Å². The maximum atomic E-state index is 10.9. The van der Waals surface area contributed by atoms with E-state index in [2.05, 4.69) is 15.9 Å². The van der Waals surface area contributed by atoms with Crippen LogP contribution in [0.4, 0.5) is 10.5 Å². The van der Waals surface area contributed by atoms with Gasteiger partial charge in [0.1, 0.15) is 0 Å². The van der Waals surface area contributed by atoms with Crippen LogP contribution in [0.25, 0.3) is 0 Å². The summed E-state index contributed by atoms with van der Waals surface area (Å²) in [5.41, 5.74) is 1.83. The van der Waals surface area contributed by atoms with Crippen LogP contribution in [0.1, 0.15) is 5.56 Å². The van der Waals surface area contributed by atoms with E-state index in [9.17, 15) is 4.79 Å². The molecule has 0 radical (unpaired) electrons. The van der Waals surface area contributed by atoms with Crippen molar-refractivity contribution < 1.29 is 9.90 Å². The van der Waals surface area contributed by atoms with Crippen LogP contribution in [0.2, 0.25) is 0 Å². The van der Waals surface area contributed by atoms with Crippen LogP contribution in [0.5, 0.6) is 0 Å². The number of alkyl halides is 1. The number of carboxylic acid groups (broad SMARTS) is 1. The molecule has 0 aliphatic rings. The lowest BCUT2D eigenvalue weighted by Crippen LogP contribution is -2.30. The third-order valence-corrected chi connectivity index (χ3v) is 2.24. The fourth-order valence-electron chi connectivity index (χ4n) is 1.14. The zero-order valence-corrected chi connectivity index (χ0v) is 9.49. The first-order valence-corrected chi connectivity index (χ1v) is 5.40. The lowest BCUT2D eigenvalue weighted by Gasteiger charge is -2.17. The van der Waals surface area contributed by atoms with Crippen molar-refractivity contribution in [2.45, 2.75) is 6.92 Å². The highest BCUT2D eigenvalue weighted by atomic mass is 79.9. The number of hydrogen-bond acceptors (Lipinski definition) is 1. The molecule has 0 aliphatic carbocycles. The number of nitrogens with zero attached hydrogens (tertiary/aromatic N) is 1. The maximum absolute atomic E-state index is 10.9. The molecule has 0 atom stereocenters. The van der Waals surface area contributed by atoms with Gasteiger partial charge in [-0.15, -0.1) is 0 Å². The van der Waals surface area contributed by atoms with Crippen LogP contribution in [0.3, 0.4) is 0 Å². The smallest absolute Gasteiger partial charge is 0.411 e. The molecule has 0 saturated heterocycles. The molecule has 0 fully saturated rings. The first-order chi connectivity index (χ1) is 6.65. The van der Waals surface area contributed by atoms with Crippen LogP contribution < -0.4 is 4.90 Å². The molecule has 0 aromatic heterocycles. The second kappa shape index (κ2) is 5.00. The van der Waals surface area contributed by atoms with E-state index in [1.807, 2.05) is 31.2 Å². The first kappa shape index (κ1) is 11.0. The van der Waals surface area contributed by atoms with Gasteiger partial charge in [0.15, 0.2) is 0 Å². The molecule has 3 nitrogen and oxygen atoms in total. The van der Waals surface area contributed by atoms with E-state index in [4.69, 9.17) is 5.11 Å². The van der Waals surface area contributed by atoms with E-state index in [0.717, 1.165) is 5.56 Å². The second-order valence-electron chi connectivity index (χ2n) is 2.96. The predicted molar refractivity (Wildman–Crippen MR) is 60.3 cm³/mol. The molecule has 0 heterocycles. The van der Waals surface area contributed by atoms with Gasteiger partial charge in [-0.3, -0.25) is 4.90 Å². The first-order valence-electron chi connectivity index (χ1n) is 4.28. The number of aryl methyl sites for hydroxylation is 1. The van der Waals surface area contributed by atoms with Crippen molar-refractivity contribution in [2.75, 3.05) is 16.8 Å². The molecule has 0 aliphatic heterocycles. The molecule has 14 heavy (non-hydrogen) atoms. The number of rotatable bonds is 3. The number of carbonyl (C=O) groups is 1. The highest BCUT2D eigenvalue weighted by molar-refractivity contribution is 9.09. The third kappa shape index (κ3) is 2.73. The minimum Gasteiger partial charge on any atom is -0.465 e. The quantitative estimate of drug-likeness (QED) is 0.847. The molecule has 1 amide bonds. The lowest BCUT2D eigenvalue weighted by molar-refractivity contribution is 0.202. The van der Waals surface area contributed by atoms with Gasteiger partial charge in [-0.25, -0.2) is 4.79 Å². The minimum absolute atomic E-state index is 0.457. The SMILES string of the molecule is Cc1ccc(N(CCBr)C(=O)O)cc1. The normalized spacial score (nSPS) is 9.86. The van der Waals surface area contributed by atoms with Crippen LogP contribution in [0.15, 0.2) is 24.3 Å². The van der Waals surface area contributed by atoms with Gasteiger partial charge in [0.25, 0.3) is 0 Å². The number of amides is 1. The average molecular weight is 258 g/mol. The molecule has 1 aromatic rings. The summed E-state index contributed by atoms with van der Waals surface area (Å²) in [4.78, 5) is 12.2. The van der Waals surface area contributed by atoms with Crippen molar-refractivity contribution in [1.82, 2.24) is 0 Å². The summed E-state index contributed by atoms with van der Waals surface area (Å²) in [5, 5.41) is 9.56. The molecule has 0 spiro atoms. The Kier molecular flexibility index (Phi) is 3.95. The minimum atomic E-state index is -0.923. The number of hydrogen-bond donors (Lipinski definition) is 1. The Labute approximate surface area is 91.5 Å². The number of benzene rings is 1. The van der Waals surface area contributed by atoms with Gasteiger partial charge in [0.05, 0.1) is 0 Å². The van der Waals surface area contributed by atoms with Crippen molar-refractivity contribution in [3.8, 4) is 0 Å². The highest BCUT2D eigenvalue weighted by Crippen LogP contribution is 2.15. The Morgan fingerprint density at radius 2 is 2.00 bits per heavy atom. The number of halogens is 1. The molecule has 1 N–H and O–H groups in total. The molecule has 0 unspecified atom stereocenters. The van der Waals surface area contributed by atoms with Crippen LogP contribution >= 0.6 is 15.9 Å². The number of anilines is 1. The van der Waals surface area contributed by atoms with E-state index in [-0.39, 0.29) is 0 Å². The molecule has 1 aromatic carbocycles. The van der Waals surface area contributed by atoms with Crippen molar-refractivity contribution >= 4 is 27.7 Å². The van der Waals surface area contributed by atoms with Crippen molar-refractivity contribution in [3.63, 3.8) is 0 Å². The summed E-state index contributed by atoms with van der Waals surface area (Å²) in [6.07, 6.45) is -0.923. The van der Waals surface area contributed by atoms with Gasteiger partial charge in [0.2, 0.25) is 0 Å². The van der Waals surface area contributed by atoms with Gasteiger partial charge < -0.3 is 5.11 Å². The van der Waals surface area contributed by atoms with E-state index < -0.39 is 6.09 Å². The molecule has 4 heteroatoms. The van der Waals surface area contributed by atoms with Gasteiger partial charge in [-0.2, -0.15) is 0 Å². The van der Waals surface area contributed by atoms with Gasteiger partial charge in [-0.1, -0.05) is 33.6 Å². The molecule has 1 rings (SSSR count). The molecule has 76 valence electrons. The third-order valence-electron chi connectivity index (χ3n) is 1.88. The summed E-state index contributed by atoms with van der Waals surface area (Å²) in [6.45, 7) is 2.43.